The highest BCUT2D eigenvalue weighted by Crippen LogP contribution is 2.30. The Morgan fingerprint density at radius 3 is 2.80 bits per heavy atom. The molecule has 112 valence electrons. The van der Waals surface area contributed by atoms with Crippen molar-refractivity contribution in [2.75, 3.05) is 39.8 Å². The third-order valence-electron chi connectivity index (χ3n) is 4.32. The summed E-state index contributed by atoms with van der Waals surface area (Å²) in [7, 11) is 4.28. The number of aryl methyl sites for hydroxylation is 1. The summed E-state index contributed by atoms with van der Waals surface area (Å²) in [5.74, 6) is 0.931. The van der Waals surface area contributed by atoms with Crippen LogP contribution in [-0.4, -0.2) is 60.3 Å². The second kappa shape index (κ2) is 6.29. The first-order valence-corrected chi connectivity index (χ1v) is 7.82. The third kappa shape index (κ3) is 4.08. The molecule has 20 heavy (non-hydrogen) atoms. The largest absolute Gasteiger partial charge is 0.374 e. The fourth-order valence-corrected chi connectivity index (χ4v) is 3.05. The second-order valence-corrected chi connectivity index (χ2v) is 6.58. The van der Waals surface area contributed by atoms with E-state index in [4.69, 9.17) is 4.74 Å². The highest BCUT2D eigenvalue weighted by Gasteiger charge is 2.27. The Labute approximate surface area is 122 Å². The fraction of sp³-hybridized carbons (Fsp3) is 0.750. The Bertz CT molecular complexity index is 427. The molecule has 1 aliphatic heterocycles. The van der Waals surface area contributed by atoms with E-state index in [0.717, 1.165) is 38.7 Å². The van der Waals surface area contributed by atoms with Gasteiger partial charge in [0.1, 0.15) is 0 Å². The van der Waals surface area contributed by atoms with E-state index in [9.17, 15) is 0 Å². The Morgan fingerprint density at radius 2 is 2.15 bits per heavy atom. The van der Waals surface area contributed by atoms with Crippen molar-refractivity contribution in [1.82, 2.24) is 14.4 Å². The number of hydrogen-bond acceptors (Lipinski definition) is 3. The van der Waals surface area contributed by atoms with Crippen LogP contribution in [0.15, 0.2) is 18.5 Å². The highest BCUT2D eigenvalue weighted by atomic mass is 16.5. The van der Waals surface area contributed by atoms with Crippen LogP contribution in [0.1, 0.15) is 18.4 Å². The molecule has 0 unspecified atom stereocenters. The summed E-state index contributed by atoms with van der Waals surface area (Å²) in [6, 6.07) is 2.23. The number of nitrogens with zero attached hydrogens (tertiary/aromatic N) is 3. The SMILES string of the molecule is CN1CCO[C@@H](CN(Cc2ccn(C)c2)CC2CC2)C1. The molecule has 0 bridgehead atoms. The molecule has 0 radical (unpaired) electrons. The lowest BCUT2D eigenvalue weighted by atomic mass is 10.2. The van der Waals surface area contributed by atoms with Gasteiger partial charge in [0.25, 0.3) is 0 Å². The summed E-state index contributed by atoms with van der Waals surface area (Å²) in [5, 5.41) is 0. The van der Waals surface area contributed by atoms with Crippen molar-refractivity contribution < 1.29 is 4.74 Å². The molecule has 1 aromatic rings. The minimum absolute atomic E-state index is 0.371. The molecule has 4 heteroatoms. The number of morpholine rings is 1. The number of aromatic nitrogens is 1. The van der Waals surface area contributed by atoms with Crippen molar-refractivity contribution in [2.24, 2.45) is 13.0 Å². The molecule has 3 rings (SSSR count). The first-order valence-electron chi connectivity index (χ1n) is 7.82. The molecule has 1 saturated carbocycles. The van der Waals surface area contributed by atoms with Crippen molar-refractivity contribution in [3.63, 3.8) is 0 Å². The van der Waals surface area contributed by atoms with Crippen molar-refractivity contribution in [1.29, 1.82) is 0 Å². The average Bonchev–Trinajstić information content (AvgIpc) is 3.11. The topological polar surface area (TPSA) is 20.6 Å². The molecule has 0 N–H and O–H groups in total. The van der Waals surface area contributed by atoms with Gasteiger partial charge in [0.15, 0.2) is 0 Å². The minimum atomic E-state index is 0.371. The van der Waals surface area contributed by atoms with Crippen LogP contribution in [0, 0.1) is 5.92 Å². The molecule has 0 amide bonds. The number of likely N-dealkylation sites (N-methyl/N-ethyl adjacent to an activating group) is 1. The van der Waals surface area contributed by atoms with Crippen LogP contribution in [0.2, 0.25) is 0 Å². The van der Waals surface area contributed by atoms with Crippen LogP contribution in [0.25, 0.3) is 0 Å². The van der Waals surface area contributed by atoms with Crippen LogP contribution >= 0.6 is 0 Å². The van der Waals surface area contributed by atoms with E-state index < -0.39 is 0 Å². The summed E-state index contributed by atoms with van der Waals surface area (Å²) in [6.45, 7) is 6.37. The maximum Gasteiger partial charge on any atom is 0.0829 e. The molecule has 1 aliphatic carbocycles. The van der Waals surface area contributed by atoms with Gasteiger partial charge in [-0.25, -0.2) is 0 Å². The van der Waals surface area contributed by atoms with E-state index in [-0.39, 0.29) is 0 Å². The molecule has 1 saturated heterocycles. The predicted octanol–water partition coefficient (Wildman–Crippen LogP) is 1.57. The molecule has 0 spiro atoms. The standard InChI is InChI=1S/C16H27N3O/c1-17-6-5-15(9-17)11-19(10-14-3-4-14)13-16-12-18(2)7-8-20-16/h5-6,9,14,16H,3-4,7-8,10-13H2,1-2H3/t16-/m1/s1. The maximum absolute atomic E-state index is 5.94. The van der Waals surface area contributed by atoms with Crippen molar-refractivity contribution in [3.8, 4) is 0 Å². The van der Waals surface area contributed by atoms with Gasteiger partial charge in [-0.3, -0.25) is 4.90 Å². The third-order valence-corrected chi connectivity index (χ3v) is 4.32. The fourth-order valence-electron chi connectivity index (χ4n) is 3.05. The van der Waals surface area contributed by atoms with Crippen LogP contribution in [0.3, 0.4) is 0 Å². The Kier molecular flexibility index (Phi) is 4.44. The molecule has 4 nitrogen and oxygen atoms in total. The van der Waals surface area contributed by atoms with Gasteiger partial charge in [-0.05, 0) is 37.4 Å². The Morgan fingerprint density at radius 1 is 1.30 bits per heavy atom. The zero-order chi connectivity index (χ0) is 13.9. The summed E-state index contributed by atoms with van der Waals surface area (Å²) < 4.78 is 8.07. The van der Waals surface area contributed by atoms with Gasteiger partial charge < -0.3 is 14.2 Å². The summed E-state index contributed by atoms with van der Waals surface area (Å²) in [4.78, 5) is 4.98. The number of hydrogen-bond donors (Lipinski definition) is 0. The molecule has 1 aromatic heterocycles. The Balaban J connectivity index is 1.56. The van der Waals surface area contributed by atoms with E-state index in [1.165, 1.54) is 24.9 Å². The highest BCUT2D eigenvalue weighted by molar-refractivity contribution is 5.09. The van der Waals surface area contributed by atoms with E-state index in [2.05, 4.69) is 46.9 Å². The van der Waals surface area contributed by atoms with Gasteiger partial charge in [-0.15, -0.1) is 0 Å². The van der Waals surface area contributed by atoms with Crippen LogP contribution in [0.4, 0.5) is 0 Å². The average molecular weight is 277 g/mol. The van der Waals surface area contributed by atoms with E-state index >= 15 is 0 Å². The molecule has 0 aromatic carbocycles. The van der Waals surface area contributed by atoms with Gasteiger partial charge in [0, 0.05) is 52.2 Å². The normalized spacial score (nSPS) is 24.4. The van der Waals surface area contributed by atoms with E-state index in [1.54, 1.807) is 0 Å². The summed E-state index contributed by atoms with van der Waals surface area (Å²) >= 11 is 0. The molecule has 1 atom stereocenters. The molecular formula is C16H27N3O. The quantitative estimate of drug-likeness (QED) is 0.787. The van der Waals surface area contributed by atoms with Crippen molar-refractivity contribution >= 4 is 0 Å². The molecule has 2 heterocycles. The van der Waals surface area contributed by atoms with Crippen molar-refractivity contribution in [3.05, 3.63) is 24.0 Å². The van der Waals surface area contributed by atoms with E-state index in [0.29, 0.717) is 6.10 Å². The lowest BCUT2D eigenvalue weighted by Gasteiger charge is -2.34. The second-order valence-electron chi connectivity index (χ2n) is 6.58. The molecular weight excluding hydrogens is 250 g/mol. The van der Waals surface area contributed by atoms with Gasteiger partial charge in [0.2, 0.25) is 0 Å². The maximum atomic E-state index is 5.94. The summed E-state index contributed by atoms with van der Waals surface area (Å²) in [6.07, 6.45) is 7.56. The monoisotopic (exact) mass is 277 g/mol. The van der Waals surface area contributed by atoms with Crippen LogP contribution in [0.5, 0.6) is 0 Å². The number of rotatable bonds is 6. The minimum Gasteiger partial charge on any atom is -0.374 e. The van der Waals surface area contributed by atoms with Gasteiger partial charge in [-0.1, -0.05) is 0 Å². The van der Waals surface area contributed by atoms with Crippen LogP contribution in [-0.2, 0) is 18.3 Å². The van der Waals surface area contributed by atoms with Gasteiger partial charge >= 0.3 is 0 Å². The lowest BCUT2D eigenvalue weighted by molar-refractivity contribution is -0.0372. The van der Waals surface area contributed by atoms with Crippen LogP contribution < -0.4 is 0 Å². The Hall–Kier alpha value is -0.840. The van der Waals surface area contributed by atoms with Gasteiger partial charge in [0.05, 0.1) is 12.7 Å². The predicted molar refractivity (Wildman–Crippen MR) is 80.7 cm³/mol. The number of ether oxygens (including phenoxy) is 1. The van der Waals surface area contributed by atoms with E-state index in [1.807, 2.05) is 0 Å². The first kappa shape index (κ1) is 14.1. The first-order chi connectivity index (χ1) is 9.69. The zero-order valence-electron chi connectivity index (χ0n) is 12.8. The van der Waals surface area contributed by atoms with Crippen molar-refractivity contribution in [2.45, 2.75) is 25.5 Å². The lowest BCUT2D eigenvalue weighted by Crippen LogP contribution is -2.46. The molecule has 2 aliphatic rings. The summed E-state index contributed by atoms with van der Waals surface area (Å²) in [5.41, 5.74) is 1.41. The smallest absolute Gasteiger partial charge is 0.0829 e. The zero-order valence-corrected chi connectivity index (χ0v) is 12.8. The van der Waals surface area contributed by atoms with Gasteiger partial charge in [-0.2, -0.15) is 0 Å². The molecule has 2 fully saturated rings.